The van der Waals surface area contributed by atoms with Crippen molar-refractivity contribution in [2.45, 2.75) is 33.1 Å². The van der Waals surface area contributed by atoms with E-state index in [1.807, 2.05) is 56.3 Å². The van der Waals surface area contributed by atoms with Crippen molar-refractivity contribution >= 4 is 17.8 Å². The highest BCUT2D eigenvalue weighted by molar-refractivity contribution is 5.80. The van der Waals surface area contributed by atoms with Crippen LogP contribution < -0.4 is 0 Å². The number of rotatable bonds is 8. The van der Waals surface area contributed by atoms with Gasteiger partial charge in [0, 0.05) is 12.8 Å². The minimum absolute atomic E-state index is 0.00678. The van der Waals surface area contributed by atoms with Crippen molar-refractivity contribution in [2.24, 2.45) is 11.8 Å². The fourth-order valence-electron chi connectivity index (χ4n) is 2.07. The molecule has 0 aliphatic rings. The summed E-state index contributed by atoms with van der Waals surface area (Å²) in [6.45, 7) is 3.98. The Bertz CT molecular complexity index is 460. The Kier molecular flexibility index (Phi) is 6.71. The zero-order valence-electron chi connectivity index (χ0n) is 12.1. The first-order valence-corrected chi connectivity index (χ1v) is 6.94. The van der Waals surface area contributed by atoms with Crippen LogP contribution >= 0.6 is 0 Å². The second-order valence-corrected chi connectivity index (χ2v) is 5.47. The van der Waals surface area contributed by atoms with Crippen molar-refractivity contribution in [3.8, 4) is 0 Å². The van der Waals surface area contributed by atoms with Crippen molar-refractivity contribution in [1.82, 2.24) is 0 Å². The van der Waals surface area contributed by atoms with Crippen molar-refractivity contribution in [3.63, 3.8) is 0 Å². The summed E-state index contributed by atoms with van der Waals surface area (Å²) in [5.41, 5.74) is 1.01. The van der Waals surface area contributed by atoms with Crippen LogP contribution in [0.4, 0.5) is 0 Å². The van der Waals surface area contributed by atoms with Gasteiger partial charge in [-0.15, -0.1) is 0 Å². The van der Waals surface area contributed by atoms with Gasteiger partial charge in [0.1, 0.15) is 5.78 Å². The van der Waals surface area contributed by atoms with Gasteiger partial charge < -0.3 is 5.11 Å². The van der Waals surface area contributed by atoms with E-state index in [1.165, 1.54) is 0 Å². The number of carbonyl (C=O) groups excluding carboxylic acids is 1. The molecule has 0 aromatic heterocycles. The molecule has 1 unspecified atom stereocenters. The zero-order valence-corrected chi connectivity index (χ0v) is 12.1. The highest BCUT2D eigenvalue weighted by atomic mass is 16.4. The molecule has 1 rings (SSSR count). The number of benzene rings is 1. The number of allylic oxidation sites excluding steroid dienone is 1. The minimum Gasteiger partial charge on any atom is -0.481 e. The third-order valence-corrected chi connectivity index (χ3v) is 2.92. The molecule has 0 fully saturated rings. The van der Waals surface area contributed by atoms with Crippen LogP contribution in [0.1, 0.15) is 38.7 Å². The highest BCUT2D eigenvalue weighted by Crippen LogP contribution is 2.16. The first kappa shape index (κ1) is 16.2. The average Bonchev–Trinajstić information content (AvgIpc) is 2.35. The Morgan fingerprint density at radius 1 is 1.10 bits per heavy atom. The first-order chi connectivity index (χ1) is 9.47. The summed E-state index contributed by atoms with van der Waals surface area (Å²) in [6.07, 6.45) is 4.52. The van der Waals surface area contributed by atoms with E-state index in [9.17, 15) is 9.59 Å². The van der Waals surface area contributed by atoms with Crippen molar-refractivity contribution in [3.05, 3.63) is 42.0 Å². The van der Waals surface area contributed by atoms with Gasteiger partial charge in [-0.05, 0) is 17.4 Å². The predicted molar refractivity (Wildman–Crippen MR) is 80.3 cm³/mol. The van der Waals surface area contributed by atoms with Crippen LogP contribution in [0, 0.1) is 11.8 Å². The number of carboxylic acids is 1. The number of carbonyl (C=O) groups is 2. The van der Waals surface area contributed by atoms with Crippen LogP contribution in [0.3, 0.4) is 0 Å². The molecule has 0 amide bonds. The van der Waals surface area contributed by atoms with E-state index < -0.39 is 5.97 Å². The molecule has 0 saturated heterocycles. The molecule has 0 spiro atoms. The van der Waals surface area contributed by atoms with Crippen LogP contribution in [0.2, 0.25) is 0 Å². The molecule has 108 valence electrons. The van der Waals surface area contributed by atoms with Gasteiger partial charge in [0.05, 0.1) is 6.42 Å². The fraction of sp³-hybridized carbons (Fsp3) is 0.412. The Hall–Kier alpha value is -1.90. The Morgan fingerprint density at radius 2 is 1.75 bits per heavy atom. The maximum absolute atomic E-state index is 11.8. The summed E-state index contributed by atoms with van der Waals surface area (Å²) >= 11 is 0. The lowest BCUT2D eigenvalue weighted by atomic mass is 9.94. The molecule has 3 nitrogen and oxygen atoms in total. The standard InChI is InChI=1S/C17H22O3/c1-13(2)10-16(18)11-15(12-17(19)20)9-8-14-6-4-3-5-7-14/h3-9,13,15H,10-12H2,1-2H3,(H,19,20). The van der Waals surface area contributed by atoms with Gasteiger partial charge in [0.15, 0.2) is 0 Å². The lowest BCUT2D eigenvalue weighted by Crippen LogP contribution is -2.12. The molecule has 1 N–H and O–H groups in total. The number of hydrogen-bond donors (Lipinski definition) is 1. The molecular weight excluding hydrogens is 252 g/mol. The smallest absolute Gasteiger partial charge is 0.303 e. The molecule has 0 bridgehead atoms. The molecule has 0 radical (unpaired) electrons. The maximum atomic E-state index is 11.8. The second-order valence-electron chi connectivity index (χ2n) is 5.47. The van der Waals surface area contributed by atoms with Crippen LogP contribution in [-0.2, 0) is 9.59 Å². The van der Waals surface area contributed by atoms with E-state index in [-0.39, 0.29) is 18.1 Å². The third-order valence-electron chi connectivity index (χ3n) is 2.92. The van der Waals surface area contributed by atoms with Crippen molar-refractivity contribution in [1.29, 1.82) is 0 Å². The molecule has 1 aromatic rings. The lowest BCUT2D eigenvalue weighted by Gasteiger charge is -2.10. The highest BCUT2D eigenvalue weighted by Gasteiger charge is 2.15. The normalized spacial score (nSPS) is 12.8. The summed E-state index contributed by atoms with van der Waals surface area (Å²) in [5, 5.41) is 8.93. The minimum atomic E-state index is -0.870. The lowest BCUT2D eigenvalue weighted by molar-refractivity contribution is -0.137. The summed E-state index contributed by atoms with van der Waals surface area (Å²) in [7, 11) is 0. The topological polar surface area (TPSA) is 54.4 Å². The predicted octanol–water partition coefficient (Wildman–Crippen LogP) is 3.80. The molecule has 0 saturated carbocycles. The van der Waals surface area contributed by atoms with E-state index in [2.05, 4.69) is 0 Å². The Balaban J connectivity index is 2.67. The molecule has 3 heteroatoms. The van der Waals surface area contributed by atoms with E-state index in [4.69, 9.17) is 5.11 Å². The van der Waals surface area contributed by atoms with Gasteiger partial charge in [0.25, 0.3) is 0 Å². The average molecular weight is 274 g/mol. The van der Waals surface area contributed by atoms with Crippen LogP contribution in [-0.4, -0.2) is 16.9 Å². The summed E-state index contributed by atoms with van der Waals surface area (Å²) in [6, 6.07) is 9.68. The van der Waals surface area contributed by atoms with Crippen LogP contribution in [0.15, 0.2) is 36.4 Å². The molecule has 1 aromatic carbocycles. The summed E-state index contributed by atoms with van der Waals surface area (Å²) in [5.74, 6) is -0.668. The number of ketones is 1. The van der Waals surface area contributed by atoms with E-state index in [1.54, 1.807) is 0 Å². The largest absolute Gasteiger partial charge is 0.481 e. The van der Waals surface area contributed by atoms with Gasteiger partial charge in [-0.1, -0.05) is 56.3 Å². The molecule has 0 aliphatic heterocycles. The van der Waals surface area contributed by atoms with E-state index >= 15 is 0 Å². The van der Waals surface area contributed by atoms with Crippen molar-refractivity contribution < 1.29 is 14.7 Å². The quantitative estimate of drug-likeness (QED) is 0.784. The number of Topliss-reactive ketones (excluding diaryl/α,β-unsaturated/α-hetero) is 1. The number of hydrogen-bond acceptors (Lipinski definition) is 2. The Morgan fingerprint density at radius 3 is 2.30 bits per heavy atom. The molecular formula is C17H22O3. The summed E-state index contributed by atoms with van der Waals surface area (Å²) < 4.78 is 0. The van der Waals surface area contributed by atoms with E-state index in [0.717, 1.165) is 5.56 Å². The van der Waals surface area contributed by atoms with Gasteiger partial charge in [-0.2, -0.15) is 0 Å². The van der Waals surface area contributed by atoms with Crippen LogP contribution in [0.5, 0.6) is 0 Å². The van der Waals surface area contributed by atoms with Gasteiger partial charge in [0.2, 0.25) is 0 Å². The van der Waals surface area contributed by atoms with Gasteiger partial charge >= 0.3 is 5.97 Å². The Labute approximate surface area is 120 Å². The first-order valence-electron chi connectivity index (χ1n) is 6.94. The number of aliphatic carboxylic acids is 1. The second kappa shape index (κ2) is 8.31. The van der Waals surface area contributed by atoms with Crippen molar-refractivity contribution in [2.75, 3.05) is 0 Å². The van der Waals surface area contributed by atoms with Crippen LogP contribution in [0.25, 0.3) is 6.08 Å². The van der Waals surface area contributed by atoms with Gasteiger partial charge in [-0.25, -0.2) is 0 Å². The molecule has 0 aliphatic carbocycles. The molecule has 20 heavy (non-hydrogen) atoms. The number of carboxylic acid groups (broad SMARTS) is 1. The molecule has 1 atom stereocenters. The third kappa shape index (κ3) is 6.88. The zero-order chi connectivity index (χ0) is 15.0. The SMILES string of the molecule is CC(C)CC(=O)CC(C=Cc1ccccc1)CC(=O)O. The molecule has 0 heterocycles. The maximum Gasteiger partial charge on any atom is 0.303 e. The fourth-order valence-corrected chi connectivity index (χ4v) is 2.07. The van der Waals surface area contributed by atoms with Gasteiger partial charge in [-0.3, -0.25) is 9.59 Å². The monoisotopic (exact) mass is 274 g/mol. The van der Waals surface area contributed by atoms with E-state index in [0.29, 0.717) is 18.8 Å². The summed E-state index contributed by atoms with van der Waals surface area (Å²) in [4.78, 5) is 22.7.